The van der Waals surface area contributed by atoms with Crippen molar-refractivity contribution in [2.45, 2.75) is 11.6 Å². The fourth-order valence-corrected chi connectivity index (χ4v) is 2.64. The van der Waals surface area contributed by atoms with E-state index in [0.29, 0.717) is 23.0 Å². The number of carbonyl (C=O) groups is 1. The number of hydrogen-bond acceptors (Lipinski definition) is 5. The monoisotopic (exact) mass is 313 g/mol. The van der Waals surface area contributed by atoms with E-state index >= 15 is 0 Å². The van der Waals surface area contributed by atoms with Crippen LogP contribution < -0.4 is 5.32 Å². The molecule has 2 aromatic heterocycles. The van der Waals surface area contributed by atoms with Gasteiger partial charge in [0.1, 0.15) is 0 Å². The first-order valence-corrected chi connectivity index (χ1v) is 7.95. The highest BCUT2D eigenvalue weighted by Crippen LogP contribution is 2.21. The predicted octanol–water partition coefficient (Wildman–Crippen LogP) is 2.67. The fourth-order valence-electron chi connectivity index (χ4n) is 1.98. The second kappa shape index (κ2) is 7.09. The molecule has 2 heterocycles. The molecule has 3 aromatic rings. The quantitative estimate of drug-likeness (QED) is 0.709. The van der Waals surface area contributed by atoms with Gasteiger partial charge in [0.25, 0.3) is 5.22 Å². The molecule has 0 saturated carbocycles. The van der Waals surface area contributed by atoms with Crippen molar-refractivity contribution in [3.8, 4) is 0 Å². The number of oxazole rings is 1. The molecule has 5 nitrogen and oxygen atoms in total. The molecule has 0 spiro atoms. The number of hydrogen-bond donors (Lipinski definition) is 1. The van der Waals surface area contributed by atoms with Crippen LogP contribution in [-0.2, 0) is 11.2 Å². The van der Waals surface area contributed by atoms with Gasteiger partial charge in [-0.2, -0.15) is 4.98 Å². The highest BCUT2D eigenvalue weighted by atomic mass is 32.2. The minimum Gasteiger partial charge on any atom is -0.430 e. The van der Waals surface area contributed by atoms with Crippen molar-refractivity contribution in [2.24, 2.45) is 0 Å². The Morgan fingerprint density at radius 2 is 2.05 bits per heavy atom. The zero-order valence-electron chi connectivity index (χ0n) is 11.9. The summed E-state index contributed by atoms with van der Waals surface area (Å²) in [6, 6.07) is 13.7. The number of amides is 1. The van der Waals surface area contributed by atoms with Gasteiger partial charge >= 0.3 is 0 Å². The lowest BCUT2D eigenvalue weighted by Crippen LogP contribution is -2.27. The van der Waals surface area contributed by atoms with Crippen molar-refractivity contribution in [1.82, 2.24) is 15.3 Å². The van der Waals surface area contributed by atoms with Crippen molar-refractivity contribution in [3.05, 3.63) is 54.2 Å². The molecule has 0 aliphatic rings. The summed E-state index contributed by atoms with van der Waals surface area (Å²) < 4.78 is 5.50. The van der Waals surface area contributed by atoms with Crippen molar-refractivity contribution in [3.63, 3.8) is 0 Å². The third kappa shape index (κ3) is 3.85. The number of thioether (sulfide) groups is 1. The average Bonchev–Trinajstić information content (AvgIpc) is 2.97. The van der Waals surface area contributed by atoms with Crippen LogP contribution in [0.25, 0.3) is 11.2 Å². The van der Waals surface area contributed by atoms with Gasteiger partial charge in [0.2, 0.25) is 5.91 Å². The van der Waals surface area contributed by atoms with Crippen LogP contribution in [0.15, 0.2) is 58.3 Å². The topological polar surface area (TPSA) is 68.0 Å². The minimum absolute atomic E-state index is 0.0313. The van der Waals surface area contributed by atoms with Crippen LogP contribution in [0.4, 0.5) is 0 Å². The fraction of sp³-hybridized carbons (Fsp3) is 0.188. The number of nitrogens with one attached hydrogen (secondary N) is 1. The summed E-state index contributed by atoms with van der Waals surface area (Å²) in [5.41, 5.74) is 2.41. The smallest absolute Gasteiger partial charge is 0.258 e. The first-order valence-electron chi connectivity index (χ1n) is 6.96. The average molecular weight is 313 g/mol. The molecular formula is C16H15N3O2S. The standard InChI is InChI=1S/C16H15N3O2S/c20-14(17-10-8-12-5-2-1-3-6-12)11-22-16-19-15-13(21-16)7-4-9-18-15/h1-7,9H,8,10-11H2,(H,17,20). The molecule has 0 atom stereocenters. The maximum absolute atomic E-state index is 11.8. The van der Waals surface area contributed by atoms with Crippen LogP contribution in [0, 0.1) is 0 Å². The van der Waals surface area contributed by atoms with E-state index in [1.165, 1.54) is 17.3 Å². The second-order valence-corrected chi connectivity index (χ2v) is 5.61. The van der Waals surface area contributed by atoms with Crippen molar-refractivity contribution in [2.75, 3.05) is 12.3 Å². The molecule has 112 valence electrons. The van der Waals surface area contributed by atoms with Gasteiger partial charge in [-0.3, -0.25) is 4.79 Å². The minimum atomic E-state index is -0.0313. The summed E-state index contributed by atoms with van der Waals surface area (Å²) in [4.78, 5) is 20.1. The lowest BCUT2D eigenvalue weighted by molar-refractivity contribution is -0.118. The zero-order chi connectivity index (χ0) is 15.2. The van der Waals surface area contributed by atoms with Crippen LogP contribution >= 0.6 is 11.8 Å². The number of rotatable bonds is 6. The maximum Gasteiger partial charge on any atom is 0.258 e. The van der Waals surface area contributed by atoms with Gasteiger partial charge < -0.3 is 9.73 Å². The highest BCUT2D eigenvalue weighted by Gasteiger charge is 2.09. The van der Waals surface area contributed by atoms with Crippen LogP contribution in [0.3, 0.4) is 0 Å². The Hall–Kier alpha value is -2.34. The van der Waals surface area contributed by atoms with E-state index in [1.807, 2.05) is 30.3 Å². The Kier molecular flexibility index (Phi) is 4.70. The molecule has 1 N–H and O–H groups in total. The number of aromatic nitrogens is 2. The van der Waals surface area contributed by atoms with E-state index in [0.717, 1.165) is 6.42 Å². The van der Waals surface area contributed by atoms with Crippen molar-refractivity contribution >= 4 is 28.9 Å². The van der Waals surface area contributed by atoms with Crippen LogP contribution in [0.1, 0.15) is 5.56 Å². The van der Waals surface area contributed by atoms with Gasteiger partial charge in [-0.1, -0.05) is 42.1 Å². The molecule has 0 bridgehead atoms. The second-order valence-electron chi connectivity index (χ2n) is 4.68. The normalized spacial score (nSPS) is 10.7. The van der Waals surface area contributed by atoms with Gasteiger partial charge in [0.05, 0.1) is 5.75 Å². The molecule has 6 heteroatoms. The summed E-state index contributed by atoms with van der Waals surface area (Å²) in [6.07, 6.45) is 2.49. The molecule has 0 aliphatic heterocycles. The Morgan fingerprint density at radius 3 is 2.86 bits per heavy atom. The number of carbonyl (C=O) groups excluding carboxylic acids is 1. The van der Waals surface area contributed by atoms with E-state index in [4.69, 9.17) is 4.42 Å². The van der Waals surface area contributed by atoms with E-state index < -0.39 is 0 Å². The molecule has 1 aromatic carbocycles. The molecule has 0 saturated heterocycles. The third-order valence-corrected chi connectivity index (χ3v) is 3.88. The van der Waals surface area contributed by atoms with Crippen molar-refractivity contribution < 1.29 is 9.21 Å². The maximum atomic E-state index is 11.8. The summed E-state index contributed by atoms with van der Waals surface area (Å²) >= 11 is 1.27. The molecule has 22 heavy (non-hydrogen) atoms. The number of nitrogens with zero attached hydrogens (tertiary/aromatic N) is 2. The van der Waals surface area contributed by atoms with Gasteiger partial charge in [0, 0.05) is 12.7 Å². The molecule has 1 amide bonds. The van der Waals surface area contributed by atoms with E-state index in [1.54, 1.807) is 18.3 Å². The Labute approximate surface area is 132 Å². The first kappa shape index (κ1) is 14.6. The summed E-state index contributed by atoms with van der Waals surface area (Å²) in [7, 11) is 0. The molecule has 3 rings (SSSR count). The van der Waals surface area contributed by atoms with Gasteiger partial charge in [-0.25, -0.2) is 4.98 Å². The van der Waals surface area contributed by atoms with Crippen LogP contribution in [-0.4, -0.2) is 28.2 Å². The number of benzene rings is 1. The predicted molar refractivity (Wildman–Crippen MR) is 85.7 cm³/mol. The zero-order valence-corrected chi connectivity index (χ0v) is 12.7. The number of pyridine rings is 1. The molecular weight excluding hydrogens is 298 g/mol. The largest absolute Gasteiger partial charge is 0.430 e. The van der Waals surface area contributed by atoms with Gasteiger partial charge in [0.15, 0.2) is 11.2 Å². The van der Waals surface area contributed by atoms with Crippen molar-refractivity contribution in [1.29, 1.82) is 0 Å². The van der Waals surface area contributed by atoms with E-state index in [-0.39, 0.29) is 11.7 Å². The number of fused-ring (bicyclic) bond motifs is 1. The Morgan fingerprint density at radius 1 is 1.18 bits per heavy atom. The molecule has 0 fully saturated rings. The van der Waals surface area contributed by atoms with Gasteiger partial charge in [-0.15, -0.1) is 0 Å². The lowest BCUT2D eigenvalue weighted by atomic mass is 10.1. The summed E-state index contributed by atoms with van der Waals surface area (Å²) in [5, 5.41) is 3.36. The van der Waals surface area contributed by atoms with Gasteiger partial charge in [-0.05, 0) is 24.1 Å². The highest BCUT2D eigenvalue weighted by molar-refractivity contribution is 7.99. The molecule has 0 radical (unpaired) electrons. The SMILES string of the molecule is O=C(CSc1nc2ncccc2o1)NCCc1ccccc1. The van der Waals surface area contributed by atoms with Crippen LogP contribution in [0.2, 0.25) is 0 Å². The first-order chi connectivity index (χ1) is 10.8. The van der Waals surface area contributed by atoms with E-state index in [9.17, 15) is 4.79 Å². The summed E-state index contributed by atoms with van der Waals surface area (Å²) in [5.74, 6) is 0.248. The third-order valence-electron chi connectivity index (χ3n) is 3.05. The molecule has 0 aliphatic carbocycles. The van der Waals surface area contributed by atoms with Crippen LogP contribution in [0.5, 0.6) is 0 Å². The lowest BCUT2D eigenvalue weighted by Gasteiger charge is -2.04. The molecule has 0 unspecified atom stereocenters. The Balaban J connectivity index is 1.44. The summed E-state index contributed by atoms with van der Waals surface area (Å²) in [6.45, 7) is 0.624. The van der Waals surface area contributed by atoms with E-state index in [2.05, 4.69) is 15.3 Å². The Bertz CT molecular complexity index is 725.